The van der Waals surface area contributed by atoms with Crippen molar-refractivity contribution in [3.05, 3.63) is 23.5 Å². The zero-order valence-corrected chi connectivity index (χ0v) is 10.4. The zero-order chi connectivity index (χ0) is 13.1. The minimum Gasteiger partial charge on any atom is -0.494 e. The summed E-state index contributed by atoms with van der Waals surface area (Å²) in [5.41, 5.74) is 0.464. The number of carbonyl (C=O) groups excluding carboxylic acids is 2. The van der Waals surface area contributed by atoms with E-state index in [2.05, 4.69) is 4.98 Å². The summed E-state index contributed by atoms with van der Waals surface area (Å²) >= 11 is 5.65. The van der Waals surface area contributed by atoms with Crippen LogP contribution in [0.2, 0.25) is 5.15 Å². The van der Waals surface area contributed by atoms with E-state index in [4.69, 9.17) is 20.9 Å². The Morgan fingerprint density at radius 1 is 1.28 bits per heavy atom. The van der Waals surface area contributed by atoms with Crippen molar-refractivity contribution in [2.75, 3.05) is 20.1 Å². The van der Waals surface area contributed by atoms with Crippen molar-refractivity contribution in [3.63, 3.8) is 0 Å². The molecule has 0 aliphatic carbocycles. The summed E-state index contributed by atoms with van der Waals surface area (Å²) in [6.45, 7) is 0.0687. The van der Waals surface area contributed by atoms with Gasteiger partial charge in [0.25, 0.3) is 0 Å². The molecule has 0 aromatic carbocycles. The standard InChI is InChI=1S/C10H10BClN2O4/c1-14-5-9(15)17-11(18-10(16)6-14)7-2-3-8(12)13-4-7/h2-4H,5-6H2,1H3. The van der Waals surface area contributed by atoms with E-state index in [9.17, 15) is 9.59 Å². The maximum Gasteiger partial charge on any atom is 0.638 e. The molecule has 0 spiro atoms. The normalized spacial score (nSPS) is 17.8. The molecule has 0 atom stereocenters. The molecular formula is C10H10BClN2O4. The van der Waals surface area contributed by atoms with E-state index < -0.39 is 19.1 Å². The number of halogens is 1. The highest BCUT2D eigenvalue weighted by Gasteiger charge is 2.33. The molecule has 1 aromatic heterocycles. The van der Waals surface area contributed by atoms with Crippen molar-refractivity contribution in [1.82, 2.24) is 9.88 Å². The van der Waals surface area contributed by atoms with E-state index in [0.717, 1.165) is 0 Å². The van der Waals surface area contributed by atoms with Crippen LogP contribution < -0.4 is 5.46 Å². The van der Waals surface area contributed by atoms with E-state index >= 15 is 0 Å². The van der Waals surface area contributed by atoms with Gasteiger partial charge < -0.3 is 9.31 Å². The number of rotatable bonds is 1. The summed E-state index contributed by atoms with van der Waals surface area (Å²) in [4.78, 5) is 28.4. The SMILES string of the molecule is CN1CC(=O)OB(c2ccc(Cl)nc2)OC(=O)C1. The molecule has 1 aromatic rings. The summed E-state index contributed by atoms with van der Waals surface area (Å²) in [6, 6.07) is 3.12. The van der Waals surface area contributed by atoms with Crippen molar-refractivity contribution >= 4 is 36.1 Å². The van der Waals surface area contributed by atoms with Crippen molar-refractivity contribution in [2.24, 2.45) is 0 Å². The predicted molar refractivity (Wildman–Crippen MR) is 64.3 cm³/mol. The summed E-state index contributed by atoms with van der Waals surface area (Å²) in [7, 11) is 0.565. The first-order valence-electron chi connectivity index (χ1n) is 5.23. The third-order valence-electron chi connectivity index (χ3n) is 2.30. The van der Waals surface area contributed by atoms with E-state index in [0.29, 0.717) is 10.6 Å². The third kappa shape index (κ3) is 3.21. The Balaban J connectivity index is 2.18. The predicted octanol–water partition coefficient (Wildman–Crippen LogP) is -0.538. The highest BCUT2D eigenvalue weighted by molar-refractivity contribution is 6.64. The van der Waals surface area contributed by atoms with Gasteiger partial charge in [-0.2, -0.15) is 0 Å². The average molecular weight is 268 g/mol. The molecule has 94 valence electrons. The third-order valence-corrected chi connectivity index (χ3v) is 2.52. The van der Waals surface area contributed by atoms with E-state index in [1.165, 1.54) is 17.2 Å². The van der Waals surface area contributed by atoms with Crippen LogP contribution in [0.4, 0.5) is 0 Å². The lowest BCUT2D eigenvalue weighted by Gasteiger charge is -2.22. The first-order valence-corrected chi connectivity index (χ1v) is 5.61. The second-order valence-electron chi connectivity index (χ2n) is 3.90. The fraction of sp³-hybridized carbons (Fsp3) is 0.300. The van der Waals surface area contributed by atoms with Crippen LogP contribution in [0, 0.1) is 0 Å². The van der Waals surface area contributed by atoms with Crippen LogP contribution in [0.15, 0.2) is 18.3 Å². The van der Waals surface area contributed by atoms with Gasteiger partial charge in [0.15, 0.2) is 0 Å². The smallest absolute Gasteiger partial charge is 0.494 e. The minimum atomic E-state index is -1.07. The van der Waals surface area contributed by atoms with Crippen molar-refractivity contribution in [1.29, 1.82) is 0 Å². The fourth-order valence-electron chi connectivity index (χ4n) is 1.50. The van der Waals surface area contributed by atoms with E-state index in [1.807, 2.05) is 0 Å². The molecule has 8 heteroatoms. The average Bonchev–Trinajstić information content (AvgIpc) is 2.26. The molecule has 1 fully saturated rings. The van der Waals surface area contributed by atoms with Crippen molar-refractivity contribution < 1.29 is 18.9 Å². The van der Waals surface area contributed by atoms with Crippen LogP contribution in [0.3, 0.4) is 0 Å². The Hall–Kier alpha value is -1.60. The second-order valence-corrected chi connectivity index (χ2v) is 4.29. The minimum absolute atomic E-state index is 0.0343. The molecule has 0 unspecified atom stereocenters. The van der Waals surface area contributed by atoms with Crippen LogP contribution in [-0.2, 0) is 18.9 Å². The van der Waals surface area contributed by atoms with E-state index in [1.54, 1.807) is 13.1 Å². The molecule has 1 saturated heterocycles. The Morgan fingerprint density at radius 3 is 2.39 bits per heavy atom. The molecule has 6 nitrogen and oxygen atoms in total. The first kappa shape index (κ1) is 12.9. The topological polar surface area (TPSA) is 68.7 Å². The van der Waals surface area contributed by atoms with E-state index in [-0.39, 0.29) is 13.1 Å². The van der Waals surface area contributed by atoms with Gasteiger partial charge in [0.1, 0.15) is 5.15 Å². The highest BCUT2D eigenvalue weighted by Crippen LogP contribution is 2.03. The maximum atomic E-state index is 11.5. The number of likely N-dealkylation sites (N-methyl/N-ethyl adjacent to an activating group) is 1. The lowest BCUT2D eigenvalue weighted by atomic mass is 9.80. The van der Waals surface area contributed by atoms with Gasteiger partial charge in [0.2, 0.25) is 0 Å². The first-order chi connectivity index (χ1) is 8.54. The summed E-state index contributed by atoms with van der Waals surface area (Å²) in [6.07, 6.45) is 1.40. The summed E-state index contributed by atoms with van der Waals surface area (Å²) in [5, 5.41) is 0.307. The lowest BCUT2D eigenvalue weighted by molar-refractivity contribution is -0.145. The molecule has 0 radical (unpaired) electrons. The molecule has 2 rings (SSSR count). The largest absolute Gasteiger partial charge is 0.638 e. The van der Waals surface area contributed by atoms with Crippen LogP contribution in [0.1, 0.15) is 0 Å². The van der Waals surface area contributed by atoms with Crippen LogP contribution in [0.25, 0.3) is 0 Å². The molecule has 18 heavy (non-hydrogen) atoms. The maximum absolute atomic E-state index is 11.5. The Morgan fingerprint density at radius 2 is 1.89 bits per heavy atom. The van der Waals surface area contributed by atoms with Gasteiger partial charge >= 0.3 is 19.1 Å². The second kappa shape index (κ2) is 5.37. The van der Waals surface area contributed by atoms with Crippen LogP contribution in [0.5, 0.6) is 0 Å². The number of aromatic nitrogens is 1. The molecule has 0 amide bonds. The molecule has 0 saturated carbocycles. The number of pyridine rings is 1. The molecule has 0 N–H and O–H groups in total. The number of nitrogens with zero attached hydrogens (tertiary/aromatic N) is 2. The van der Waals surface area contributed by atoms with Gasteiger partial charge in [-0.05, 0) is 13.1 Å². The molecule has 2 heterocycles. The molecule has 0 bridgehead atoms. The molecular weight excluding hydrogens is 258 g/mol. The quantitative estimate of drug-likeness (QED) is 0.503. The summed E-state index contributed by atoms with van der Waals surface area (Å²) < 4.78 is 10.1. The number of hydrogen-bond donors (Lipinski definition) is 0. The molecule has 1 aliphatic rings. The van der Waals surface area contributed by atoms with Gasteiger partial charge in [0, 0.05) is 11.7 Å². The Labute approximate surface area is 109 Å². The highest BCUT2D eigenvalue weighted by atomic mass is 35.5. The van der Waals surface area contributed by atoms with Gasteiger partial charge in [0.05, 0.1) is 13.1 Å². The molecule has 1 aliphatic heterocycles. The fourth-order valence-corrected chi connectivity index (χ4v) is 1.61. The summed E-state index contributed by atoms with van der Waals surface area (Å²) in [5.74, 6) is -0.935. The van der Waals surface area contributed by atoms with Crippen LogP contribution >= 0.6 is 11.6 Å². The zero-order valence-electron chi connectivity index (χ0n) is 9.63. The van der Waals surface area contributed by atoms with Gasteiger partial charge in [-0.1, -0.05) is 17.7 Å². The number of hydrogen-bond acceptors (Lipinski definition) is 6. The van der Waals surface area contributed by atoms with Gasteiger partial charge in [-0.15, -0.1) is 0 Å². The van der Waals surface area contributed by atoms with Crippen molar-refractivity contribution in [2.45, 2.75) is 0 Å². The van der Waals surface area contributed by atoms with Gasteiger partial charge in [-0.3, -0.25) is 14.5 Å². The number of carbonyl (C=O) groups is 2. The van der Waals surface area contributed by atoms with Gasteiger partial charge in [-0.25, -0.2) is 4.98 Å². The Bertz CT molecular complexity index is 447. The van der Waals surface area contributed by atoms with Crippen molar-refractivity contribution in [3.8, 4) is 0 Å². The van der Waals surface area contributed by atoms with Crippen LogP contribution in [-0.4, -0.2) is 49.1 Å². The lowest BCUT2D eigenvalue weighted by Crippen LogP contribution is -2.47. The monoisotopic (exact) mass is 268 g/mol. The Kier molecular flexibility index (Phi) is 3.83.